The Balaban J connectivity index is 2.53. The summed E-state index contributed by atoms with van der Waals surface area (Å²) in [6.07, 6.45) is 1.30. The van der Waals surface area contributed by atoms with Gasteiger partial charge in [0.25, 0.3) is 5.56 Å². The summed E-state index contributed by atoms with van der Waals surface area (Å²) in [5.74, 6) is 2.17. The summed E-state index contributed by atoms with van der Waals surface area (Å²) in [6, 6.07) is 0. The van der Waals surface area contributed by atoms with E-state index in [-0.39, 0.29) is 0 Å². The molecule has 1 aromatic heterocycles. The molecule has 1 saturated heterocycles. The van der Waals surface area contributed by atoms with Crippen molar-refractivity contribution in [1.82, 2.24) is 14.8 Å². The van der Waals surface area contributed by atoms with E-state index in [4.69, 9.17) is 16.9 Å². The maximum Gasteiger partial charge on any atom is 0.347 e. The molecule has 20 heavy (non-hydrogen) atoms. The van der Waals surface area contributed by atoms with Crippen LogP contribution in [0.15, 0.2) is 15.8 Å². The first-order chi connectivity index (χ1) is 9.31. The lowest BCUT2D eigenvalue weighted by Gasteiger charge is -2.26. The zero-order valence-electron chi connectivity index (χ0n) is 10.6. The molecular formula is C11H14N4O5. The lowest BCUT2D eigenvalue weighted by atomic mass is 9.90. The van der Waals surface area contributed by atoms with Gasteiger partial charge >= 0.3 is 5.69 Å². The van der Waals surface area contributed by atoms with Crippen molar-refractivity contribution in [2.75, 3.05) is 0 Å². The fourth-order valence-electron chi connectivity index (χ4n) is 2.08. The molecule has 0 spiro atoms. The fraction of sp³-hybridized carbons (Fsp3) is 0.545. The number of aliphatic hydroxyl groups excluding tert-OH is 2. The van der Waals surface area contributed by atoms with Gasteiger partial charge in [-0.3, -0.25) is 9.78 Å². The number of nitrogens with one attached hydrogen (secondary N) is 1. The maximum absolute atomic E-state index is 11.7. The number of nitrogens with zero attached hydrogens (tertiary/aromatic N) is 2. The van der Waals surface area contributed by atoms with Crippen LogP contribution in [0, 0.1) is 12.3 Å². The molecule has 0 aromatic carbocycles. The summed E-state index contributed by atoms with van der Waals surface area (Å²) >= 11 is 0. The summed E-state index contributed by atoms with van der Waals surface area (Å²) in [4.78, 5) is 24.7. The Hall–Kier alpha value is -1.99. The van der Waals surface area contributed by atoms with E-state index in [0.717, 1.165) is 10.9 Å². The molecule has 1 aliphatic rings. The van der Waals surface area contributed by atoms with Crippen LogP contribution in [0.5, 0.6) is 0 Å². The second-order valence-electron chi connectivity index (χ2n) is 4.60. The quantitative estimate of drug-likeness (QED) is 0.421. The van der Waals surface area contributed by atoms with Crippen LogP contribution < -0.4 is 17.0 Å². The van der Waals surface area contributed by atoms with Crippen LogP contribution >= 0.6 is 0 Å². The van der Waals surface area contributed by atoms with Crippen molar-refractivity contribution < 1.29 is 14.9 Å². The van der Waals surface area contributed by atoms with Crippen molar-refractivity contribution >= 4 is 0 Å². The smallest absolute Gasteiger partial charge is 0.347 e. The summed E-state index contributed by atoms with van der Waals surface area (Å²) in [5, 5.41) is 23.2. The topological polar surface area (TPSA) is 143 Å². The second-order valence-corrected chi connectivity index (χ2v) is 4.60. The van der Waals surface area contributed by atoms with Gasteiger partial charge in [0, 0.05) is 0 Å². The van der Waals surface area contributed by atoms with Crippen LogP contribution in [0.25, 0.3) is 0 Å². The Bertz CT molecular complexity index is 660. The molecule has 0 amide bonds. The minimum atomic E-state index is -1.77. The lowest BCUT2D eigenvalue weighted by Crippen LogP contribution is -2.56. The van der Waals surface area contributed by atoms with Gasteiger partial charge in [-0.05, 0) is 6.92 Å². The molecule has 1 fully saturated rings. The largest absolute Gasteiger partial charge is 0.391 e. The van der Waals surface area contributed by atoms with E-state index in [0.29, 0.717) is 0 Å². The van der Waals surface area contributed by atoms with E-state index in [1.807, 2.05) is 4.98 Å². The minimum Gasteiger partial charge on any atom is -0.391 e. The van der Waals surface area contributed by atoms with Gasteiger partial charge in [-0.25, -0.2) is 4.79 Å². The molecule has 9 nitrogen and oxygen atoms in total. The van der Waals surface area contributed by atoms with Crippen LogP contribution in [0.3, 0.4) is 0 Å². The molecule has 1 aliphatic heterocycles. The van der Waals surface area contributed by atoms with E-state index in [1.165, 1.54) is 6.92 Å². The van der Waals surface area contributed by atoms with Gasteiger partial charge in [-0.15, -0.1) is 6.42 Å². The third-order valence-corrected chi connectivity index (χ3v) is 3.18. The van der Waals surface area contributed by atoms with E-state index >= 15 is 0 Å². The Morgan fingerprint density at radius 2 is 2.35 bits per heavy atom. The zero-order chi connectivity index (χ0) is 15.1. The Labute approximate surface area is 113 Å². The first-order valence-electron chi connectivity index (χ1n) is 5.77. The summed E-state index contributed by atoms with van der Waals surface area (Å²) in [6.45, 7) is 1.39. The number of ether oxygens (including phenoxy) is 1. The highest BCUT2D eigenvalue weighted by Gasteiger charge is 2.56. The van der Waals surface area contributed by atoms with Gasteiger partial charge in [0.05, 0.1) is 6.10 Å². The van der Waals surface area contributed by atoms with Crippen LogP contribution in [-0.2, 0) is 4.74 Å². The normalized spacial score (nSPS) is 34.6. The molecule has 2 rings (SSSR count). The number of H-pyrrole nitrogens is 1. The van der Waals surface area contributed by atoms with Gasteiger partial charge in [0.1, 0.15) is 18.4 Å². The fourth-order valence-corrected chi connectivity index (χ4v) is 2.08. The van der Waals surface area contributed by atoms with Crippen molar-refractivity contribution in [2.24, 2.45) is 5.73 Å². The highest BCUT2D eigenvalue weighted by atomic mass is 16.6. The third-order valence-electron chi connectivity index (χ3n) is 3.18. The van der Waals surface area contributed by atoms with Crippen molar-refractivity contribution in [2.45, 2.75) is 37.0 Å². The van der Waals surface area contributed by atoms with Gasteiger partial charge in [-0.1, -0.05) is 5.92 Å². The predicted molar refractivity (Wildman–Crippen MR) is 66.5 cm³/mol. The zero-order valence-corrected chi connectivity index (χ0v) is 10.6. The molecule has 5 atom stereocenters. The van der Waals surface area contributed by atoms with Crippen LogP contribution in [0.4, 0.5) is 0 Å². The number of hydrogen-bond acceptors (Lipinski definition) is 7. The number of rotatable bonds is 2. The Kier molecular flexibility index (Phi) is 3.49. The first-order valence-corrected chi connectivity index (χ1v) is 5.77. The monoisotopic (exact) mass is 282 g/mol. The second kappa shape index (κ2) is 4.84. The van der Waals surface area contributed by atoms with E-state index in [9.17, 15) is 19.8 Å². The summed E-state index contributed by atoms with van der Waals surface area (Å²) in [5.41, 5.74) is 2.55. The van der Waals surface area contributed by atoms with Gasteiger partial charge in [0.15, 0.2) is 11.8 Å². The third kappa shape index (κ3) is 2.04. The van der Waals surface area contributed by atoms with E-state index in [1.54, 1.807) is 0 Å². The molecule has 1 aromatic rings. The molecule has 108 valence electrons. The SMILES string of the molecule is C#C[C@@]1(N)C(O)[C@@H]([C@@H](C)O)O[C@H]1n1ncc(=O)[nH]c1=O. The Morgan fingerprint density at radius 1 is 1.70 bits per heavy atom. The average molecular weight is 282 g/mol. The van der Waals surface area contributed by atoms with Crippen LogP contribution in [0.2, 0.25) is 0 Å². The van der Waals surface area contributed by atoms with Gasteiger partial charge < -0.3 is 20.7 Å². The van der Waals surface area contributed by atoms with Crippen molar-refractivity contribution in [1.29, 1.82) is 0 Å². The molecule has 0 radical (unpaired) electrons. The van der Waals surface area contributed by atoms with Crippen molar-refractivity contribution in [3.8, 4) is 12.3 Å². The van der Waals surface area contributed by atoms with Crippen molar-refractivity contribution in [3.05, 3.63) is 27.0 Å². The van der Waals surface area contributed by atoms with E-state index in [2.05, 4.69) is 11.0 Å². The summed E-state index contributed by atoms with van der Waals surface area (Å²) in [7, 11) is 0. The molecule has 5 N–H and O–H groups in total. The predicted octanol–water partition coefficient (Wildman–Crippen LogP) is -3.10. The van der Waals surface area contributed by atoms with Gasteiger partial charge in [-0.2, -0.15) is 9.78 Å². The lowest BCUT2D eigenvalue weighted by molar-refractivity contribution is -0.0817. The van der Waals surface area contributed by atoms with Crippen molar-refractivity contribution in [3.63, 3.8) is 0 Å². The highest BCUT2D eigenvalue weighted by molar-refractivity contribution is 5.22. The Morgan fingerprint density at radius 3 is 2.85 bits per heavy atom. The van der Waals surface area contributed by atoms with Crippen LogP contribution in [0.1, 0.15) is 13.2 Å². The molecule has 1 unspecified atom stereocenters. The van der Waals surface area contributed by atoms with Crippen LogP contribution in [-0.4, -0.2) is 48.8 Å². The number of hydrogen-bond donors (Lipinski definition) is 4. The first kappa shape index (κ1) is 14.4. The average Bonchev–Trinajstić information content (AvgIpc) is 2.64. The summed E-state index contributed by atoms with van der Waals surface area (Å²) < 4.78 is 6.09. The maximum atomic E-state index is 11.7. The van der Waals surface area contributed by atoms with E-state index < -0.39 is 41.3 Å². The molecular weight excluding hydrogens is 268 g/mol. The number of terminal acetylenes is 1. The molecule has 0 bridgehead atoms. The number of aliphatic hydroxyl groups is 2. The minimum absolute atomic E-state index is 0.694. The standard InChI is InChI=1S/C11H14N4O5/c1-3-11(12)8(18)7(5(2)16)20-9(11)15-10(19)14-6(17)4-13-15/h1,4-5,7-9,16,18H,12H2,2H3,(H,14,17,19)/t5-,7-,8?,9-,11-/m1/s1. The molecule has 0 aliphatic carbocycles. The highest BCUT2D eigenvalue weighted by Crippen LogP contribution is 2.36. The molecule has 9 heteroatoms. The number of aromatic amines is 1. The molecule has 2 heterocycles. The number of aromatic nitrogens is 3. The number of nitrogens with two attached hydrogens (primary N) is 1. The van der Waals surface area contributed by atoms with Gasteiger partial charge in [0.2, 0.25) is 0 Å². The molecule has 0 saturated carbocycles.